The minimum absolute atomic E-state index is 0.740. The van der Waals surface area contributed by atoms with Crippen molar-refractivity contribution in [1.29, 1.82) is 0 Å². The lowest BCUT2D eigenvalue weighted by atomic mass is 10.0. The van der Waals surface area contributed by atoms with Crippen LogP contribution in [0.3, 0.4) is 0 Å². The van der Waals surface area contributed by atoms with E-state index in [1.807, 2.05) is 6.07 Å². The molecule has 0 aliphatic carbocycles. The second-order valence-electron chi connectivity index (χ2n) is 6.90. The maximum Gasteiger partial charge on any atom is 0.157 e. The van der Waals surface area contributed by atoms with Crippen LogP contribution in [0.2, 0.25) is 0 Å². The van der Waals surface area contributed by atoms with Crippen molar-refractivity contribution in [3.8, 4) is 11.5 Å². The lowest BCUT2D eigenvalue weighted by Crippen LogP contribution is -2.00. The van der Waals surface area contributed by atoms with Gasteiger partial charge >= 0.3 is 0 Å². The standard InChI is InChI=1S/C22H26N4/c1-3-15-9-8-11-16-17(10-6-7-14-23)21(25-20(15)16)22-24-18-12-4-5-13-19(18)26(22)2/h4-5,8-9,11-13,25H,3,6-7,10,14,23H2,1-2H3. The molecule has 4 heteroatoms. The summed E-state index contributed by atoms with van der Waals surface area (Å²) in [7, 11) is 2.10. The number of nitrogens with one attached hydrogen (secondary N) is 1. The molecule has 0 amide bonds. The number of para-hydroxylation sites is 3. The smallest absolute Gasteiger partial charge is 0.157 e. The number of nitrogens with two attached hydrogens (primary N) is 1. The fourth-order valence-corrected chi connectivity index (χ4v) is 3.89. The van der Waals surface area contributed by atoms with E-state index in [2.05, 4.69) is 59.9 Å². The third-order valence-corrected chi connectivity index (χ3v) is 5.30. The molecule has 2 aromatic carbocycles. The first-order valence-electron chi connectivity index (χ1n) is 9.49. The van der Waals surface area contributed by atoms with Gasteiger partial charge in [0.1, 0.15) is 0 Å². The van der Waals surface area contributed by atoms with Gasteiger partial charge in [0.2, 0.25) is 0 Å². The number of benzene rings is 2. The molecule has 2 heterocycles. The Labute approximate surface area is 154 Å². The molecule has 0 radical (unpaired) electrons. The van der Waals surface area contributed by atoms with Crippen LogP contribution < -0.4 is 5.73 Å². The van der Waals surface area contributed by atoms with E-state index in [0.29, 0.717) is 0 Å². The number of rotatable bonds is 6. The fraction of sp³-hybridized carbons (Fsp3) is 0.318. The summed E-state index contributed by atoms with van der Waals surface area (Å²) < 4.78 is 2.19. The fourth-order valence-electron chi connectivity index (χ4n) is 3.89. The predicted octanol–water partition coefficient (Wildman–Crippen LogP) is 4.57. The molecule has 0 atom stereocenters. The Morgan fingerprint density at radius 1 is 1.08 bits per heavy atom. The van der Waals surface area contributed by atoms with Crippen molar-refractivity contribution >= 4 is 21.9 Å². The van der Waals surface area contributed by atoms with Crippen molar-refractivity contribution in [2.45, 2.75) is 32.6 Å². The summed E-state index contributed by atoms with van der Waals surface area (Å²) in [5, 5.41) is 1.32. The maximum atomic E-state index is 5.73. The van der Waals surface area contributed by atoms with Gasteiger partial charge < -0.3 is 15.3 Å². The number of nitrogens with zero attached hydrogens (tertiary/aromatic N) is 2. The van der Waals surface area contributed by atoms with Crippen LogP contribution in [0.25, 0.3) is 33.5 Å². The Bertz CT molecular complexity index is 1050. The minimum atomic E-state index is 0.740. The van der Waals surface area contributed by atoms with Crippen molar-refractivity contribution in [1.82, 2.24) is 14.5 Å². The average Bonchev–Trinajstić information content (AvgIpc) is 3.20. The normalized spacial score (nSPS) is 11.7. The molecule has 0 bridgehead atoms. The molecular formula is C22H26N4. The molecule has 0 aliphatic rings. The molecule has 0 aliphatic heterocycles. The van der Waals surface area contributed by atoms with Gasteiger partial charge in [-0.25, -0.2) is 4.98 Å². The SMILES string of the molecule is CCc1cccc2c(CCCCN)c(-c3nc4ccccc4n3C)[nH]c12. The third-order valence-electron chi connectivity index (χ3n) is 5.30. The van der Waals surface area contributed by atoms with Gasteiger partial charge in [-0.3, -0.25) is 0 Å². The first-order chi connectivity index (χ1) is 12.7. The molecular weight excluding hydrogens is 320 g/mol. The van der Waals surface area contributed by atoms with Crippen LogP contribution in [-0.4, -0.2) is 21.1 Å². The highest BCUT2D eigenvalue weighted by Crippen LogP contribution is 2.34. The Balaban J connectivity index is 1.94. The van der Waals surface area contributed by atoms with Crippen molar-refractivity contribution in [3.05, 3.63) is 53.6 Å². The number of hydrogen-bond donors (Lipinski definition) is 2. The molecule has 0 unspecified atom stereocenters. The number of fused-ring (bicyclic) bond motifs is 2. The molecule has 4 nitrogen and oxygen atoms in total. The van der Waals surface area contributed by atoms with E-state index in [-0.39, 0.29) is 0 Å². The van der Waals surface area contributed by atoms with Gasteiger partial charge in [0, 0.05) is 18.0 Å². The quantitative estimate of drug-likeness (QED) is 0.503. The average molecular weight is 346 g/mol. The van der Waals surface area contributed by atoms with Crippen LogP contribution in [0.4, 0.5) is 0 Å². The first-order valence-corrected chi connectivity index (χ1v) is 9.49. The van der Waals surface area contributed by atoms with E-state index in [1.54, 1.807) is 0 Å². The van der Waals surface area contributed by atoms with Gasteiger partial charge in [0.15, 0.2) is 5.82 Å². The summed E-state index contributed by atoms with van der Waals surface area (Å²) in [6, 6.07) is 14.9. The van der Waals surface area contributed by atoms with E-state index in [1.165, 1.54) is 22.0 Å². The molecule has 0 saturated heterocycles. The number of hydrogen-bond acceptors (Lipinski definition) is 2. The molecule has 2 aromatic heterocycles. The number of H-pyrrole nitrogens is 1. The monoisotopic (exact) mass is 346 g/mol. The van der Waals surface area contributed by atoms with Gasteiger partial charge in [-0.15, -0.1) is 0 Å². The van der Waals surface area contributed by atoms with Crippen LogP contribution in [0.5, 0.6) is 0 Å². The molecule has 0 fully saturated rings. The molecule has 134 valence electrons. The van der Waals surface area contributed by atoms with Crippen LogP contribution in [-0.2, 0) is 19.9 Å². The topological polar surface area (TPSA) is 59.6 Å². The van der Waals surface area contributed by atoms with Crippen molar-refractivity contribution in [2.75, 3.05) is 6.54 Å². The van der Waals surface area contributed by atoms with Gasteiger partial charge in [-0.1, -0.05) is 37.3 Å². The zero-order chi connectivity index (χ0) is 18.1. The van der Waals surface area contributed by atoms with Crippen LogP contribution >= 0.6 is 0 Å². The lowest BCUT2D eigenvalue weighted by molar-refractivity contribution is 0.747. The predicted molar refractivity (Wildman–Crippen MR) is 109 cm³/mol. The summed E-state index contributed by atoms with van der Waals surface area (Å²) in [4.78, 5) is 8.64. The zero-order valence-electron chi connectivity index (χ0n) is 15.5. The Morgan fingerprint density at radius 3 is 2.69 bits per heavy atom. The van der Waals surface area contributed by atoms with Gasteiger partial charge in [0.05, 0.1) is 16.7 Å². The third kappa shape index (κ3) is 2.71. The van der Waals surface area contributed by atoms with Crippen molar-refractivity contribution in [2.24, 2.45) is 12.8 Å². The summed E-state index contributed by atoms with van der Waals surface area (Å²) in [5.74, 6) is 1.01. The Kier molecular flexibility index (Phi) is 4.51. The molecule has 4 aromatic rings. The number of aromatic amines is 1. The Morgan fingerprint density at radius 2 is 1.92 bits per heavy atom. The summed E-state index contributed by atoms with van der Waals surface area (Å²) in [6.07, 6.45) is 4.17. The van der Waals surface area contributed by atoms with Crippen LogP contribution in [0, 0.1) is 0 Å². The highest BCUT2D eigenvalue weighted by Gasteiger charge is 2.19. The van der Waals surface area contributed by atoms with E-state index in [4.69, 9.17) is 10.7 Å². The lowest BCUT2D eigenvalue weighted by Gasteiger charge is -2.05. The summed E-state index contributed by atoms with van der Waals surface area (Å²) >= 11 is 0. The van der Waals surface area contributed by atoms with Crippen LogP contribution in [0.1, 0.15) is 30.9 Å². The number of unbranched alkanes of at least 4 members (excludes halogenated alkanes) is 1. The molecule has 0 saturated carbocycles. The summed E-state index contributed by atoms with van der Waals surface area (Å²) in [5.41, 5.74) is 13.0. The van der Waals surface area contributed by atoms with E-state index in [9.17, 15) is 0 Å². The molecule has 4 rings (SSSR count). The molecule has 3 N–H and O–H groups in total. The first kappa shape index (κ1) is 16.9. The Hall–Kier alpha value is -2.59. The van der Waals surface area contributed by atoms with Crippen molar-refractivity contribution in [3.63, 3.8) is 0 Å². The molecule has 0 spiro atoms. The number of imidazole rings is 1. The second kappa shape index (κ2) is 6.96. The minimum Gasteiger partial charge on any atom is -0.352 e. The zero-order valence-corrected chi connectivity index (χ0v) is 15.5. The van der Waals surface area contributed by atoms with Gasteiger partial charge in [-0.2, -0.15) is 0 Å². The maximum absolute atomic E-state index is 5.73. The second-order valence-corrected chi connectivity index (χ2v) is 6.90. The molecule has 26 heavy (non-hydrogen) atoms. The van der Waals surface area contributed by atoms with E-state index >= 15 is 0 Å². The van der Waals surface area contributed by atoms with Gasteiger partial charge in [0.25, 0.3) is 0 Å². The number of aryl methyl sites for hydroxylation is 3. The summed E-state index contributed by atoms with van der Waals surface area (Å²) in [6.45, 7) is 2.95. The van der Waals surface area contributed by atoms with E-state index < -0.39 is 0 Å². The van der Waals surface area contributed by atoms with Crippen molar-refractivity contribution < 1.29 is 0 Å². The highest BCUT2D eigenvalue weighted by atomic mass is 15.1. The number of aromatic nitrogens is 3. The highest BCUT2D eigenvalue weighted by molar-refractivity contribution is 5.93. The largest absolute Gasteiger partial charge is 0.352 e. The van der Waals surface area contributed by atoms with Gasteiger partial charge in [-0.05, 0) is 55.5 Å². The van der Waals surface area contributed by atoms with E-state index in [0.717, 1.165) is 54.8 Å². The van der Waals surface area contributed by atoms with Crippen LogP contribution in [0.15, 0.2) is 42.5 Å².